The summed E-state index contributed by atoms with van der Waals surface area (Å²) in [7, 11) is -1.85. The molecular weight excluding hydrogens is 412 g/mol. The number of aromatic nitrogens is 1. The predicted octanol–water partition coefficient (Wildman–Crippen LogP) is 2.73. The second-order valence-electron chi connectivity index (χ2n) is 8.62. The van der Waals surface area contributed by atoms with E-state index >= 15 is 0 Å². The highest BCUT2D eigenvalue weighted by Crippen LogP contribution is 2.22. The molecule has 168 valence electrons. The molecule has 0 saturated carbocycles. The molecule has 0 radical (unpaired) electrons. The Hall–Kier alpha value is -2.16. The molecule has 2 saturated heterocycles. The first-order valence-corrected chi connectivity index (χ1v) is 12.6. The molecule has 2 fully saturated rings. The van der Waals surface area contributed by atoms with Crippen molar-refractivity contribution in [1.82, 2.24) is 19.1 Å². The number of hydrogen-bond acceptors (Lipinski definition) is 4. The van der Waals surface area contributed by atoms with Crippen LogP contribution in [-0.4, -0.2) is 54.3 Å². The van der Waals surface area contributed by atoms with Crippen LogP contribution >= 0.6 is 0 Å². The zero-order valence-electron chi connectivity index (χ0n) is 18.2. The van der Waals surface area contributed by atoms with Gasteiger partial charge in [-0.05, 0) is 56.0 Å². The van der Waals surface area contributed by atoms with Gasteiger partial charge in [0.05, 0.1) is 0 Å². The van der Waals surface area contributed by atoms with E-state index < -0.39 is 10.0 Å². The first-order valence-electron chi connectivity index (χ1n) is 11.2. The van der Waals surface area contributed by atoms with Gasteiger partial charge in [0.2, 0.25) is 10.0 Å². The van der Waals surface area contributed by atoms with Crippen molar-refractivity contribution in [1.29, 1.82) is 0 Å². The van der Waals surface area contributed by atoms with Gasteiger partial charge in [-0.3, -0.25) is 9.69 Å². The van der Waals surface area contributed by atoms with E-state index in [0.717, 1.165) is 31.4 Å². The summed E-state index contributed by atoms with van der Waals surface area (Å²) in [5, 5.41) is 2.91. The van der Waals surface area contributed by atoms with Crippen LogP contribution in [0.25, 0.3) is 0 Å². The fourth-order valence-electron chi connectivity index (χ4n) is 4.39. The van der Waals surface area contributed by atoms with E-state index in [1.165, 1.54) is 48.1 Å². The molecule has 1 aromatic heterocycles. The number of nitrogens with zero attached hydrogens (tertiary/aromatic N) is 3. The van der Waals surface area contributed by atoms with Crippen molar-refractivity contribution in [2.24, 2.45) is 7.05 Å². The molecule has 8 heteroatoms. The van der Waals surface area contributed by atoms with Crippen LogP contribution < -0.4 is 5.32 Å². The molecule has 31 heavy (non-hydrogen) atoms. The van der Waals surface area contributed by atoms with Crippen molar-refractivity contribution in [2.45, 2.75) is 50.1 Å². The molecule has 3 heterocycles. The zero-order valence-corrected chi connectivity index (χ0v) is 19.0. The summed E-state index contributed by atoms with van der Waals surface area (Å²) in [6.45, 7) is 4.82. The molecule has 2 aliphatic rings. The van der Waals surface area contributed by atoms with Crippen molar-refractivity contribution in [3.63, 3.8) is 0 Å². The highest BCUT2D eigenvalue weighted by atomic mass is 32.2. The van der Waals surface area contributed by atoms with Crippen LogP contribution in [0.5, 0.6) is 0 Å². The van der Waals surface area contributed by atoms with E-state index in [0.29, 0.717) is 25.3 Å². The molecule has 0 atom stereocenters. The minimum absolute atomic E-state index is 0.188. The smallest absolute Gasteiger partial charge is 0.268 e. The lowest BCUT2D eigenvalue weighted by molar-refractivity contribution is 0.0942. The summed E-state index contributed by atoms with van der Waals surface area (Å²) in [5.41, 5.74) is 2.65. The van der Waals surface area contributed by atoms with Gasteiger partial charge in [0, 0.05) is 39.4 Å². The van der Waals surface area contributed by atoms with Gasteiger partial charge in [-0.25, -0.2) is 8.42 Å². The van der Waals surface area contributed by atoms with Gasteiger partial charge in [0.1, 0.15) is 10.6 Å². The average Bonchev–Trinajstić information content (AvgIpc) is 3.43. The maximum atomic E-state index is 12.9. The quantitative estimate of drug-likeness (QED) is 0.713. The molecular formula is C23H32N4O3S. The van der Waals surface area contributed by atoms with Gasteiger partial charge in [-0.2, -0.15) is 4.31 Å². The molecule has 1 N–H and O–H groups in total. The largest absolute Gasteiger partial charge is 0.347 e. The van der Waals surface area contributed by atoms with Crippen molar-refractivity contribution in [2.75, 3.05) is 26.2 Å². The van der Waals surface area contributed by atoms with Crippen molar-refractivity contribution < 1.29 is 13.2 Å². The van der Waals surface area contributed by atoms with Crippen LogP contribution in [0.1, 0.15) is 53.7 Å². The summed E-state index contributed by atoms with van der Waals surface area (Å²) in [5.74, 6) is -0.274. The van der Waals surface area contributed by atoms with E-state index in [4.69, 9.17) is 0 Å². The Balaban J connectivity index is 1.36. The van der Waals surface area contributed by atoms with Crippen molar-refractivity contribution in [3.8, 4) is 0 Å². The number of amides is 1. The lowest BCUT2D eigenvalue weighted by Crippen LogP contribution is -2.35. The number of rotatable bonds is 7. The Labute approximate surface area is 185 Å². The maximum Gasteiger partial charge on any atom is 0.268 e. The number of piperidine rings is 1. The molecule has 7 nitrogen and oxygen atoms in total. The molecule has 2 aliphatic heterocycles. The second-order valence-corrected chi connectivity index (χ2v) is 10.6. The number of carbonyl (C=O) groups is 1. The third kappa shape index (κ3) is 5.19. The van der Waals surface area contributed by atoms with Gasteiger partial charge in [0.15, 0.2) is 0 Å². The Morgan fingerprint density at radius 3 is 2.23 bits per heavy atom. The van der Waals surface area contributed by atoms with Gasteiger partial charge in [-0.1, -0.05) is 30.7 Å². The molecule has 0 aliphatic carbocycles. The van der Waals surface area contributed by atoms with Crippen LogP contribution in [0.2, 0.25) is 0 Å². The fourth-order valence-corrected chi connectivity index (χ4v) is 5.98. The molecule has 1 amide bonds. The second kappa shape index (κ2) is 9.54. The van der Waals surface area contributed by atoms with E-state index in [1.807, 2.05) is 12.1 Å². The number of nitrogens with one attached hydrogen (secondary N) is 1. The summed E-state index contributed by atoms with van der Waals surface area (Å²) < 4.78 is 28.9. The third-order valence-electron chi connectivity index (χ3n) is 6.25. The minimum Gasteiger partial charge on any atom is -0.347 e. The van der Waals surface area contributed by atoms with Gasteiger partial charge >= 0.3 is 0 Å². The number of sulfonamides is 1. The number of benzene rings is 1. The van der Waals surface area contributed by atoms with Crippen LogP contribution in [0, 0.1) is 0 Å². The summed E-state index contributed by atoms with van der Waals surface area (Å²) in [6, 6.07) is 9.81. The van der Waals surface area contributed by atoms with Gasteiger partial charge in [0.25, 0.3) is 5.91 Å². The minimum atomic E-state index is -3.55. The Morgan fingerprint density at radius 2 is 1.55 bits per heavy atom. The van der Waals surface area contributed by atoms with Crippen LogP contribution in [0.4, 0.5) is 0 Å². The standard InChI is InChI=1S/C23H32N4O3S/c1-25-18-21(31(29,30)27-13-3-2-4-14-27)15-22(25)23(28)24-16-19-7-9-20(10-8-19)17-26-11-5-6-12-26/h7-10,15,18H,2-6,11-14,16-17H2,1H3,(H,24,28). The first kappa shape index (κ1) is 22.0. The number of likely N-dealkylation sites (tertiary alicyclic amines) is 1. The number of hydrogen-bond donors (Lipinski definition) is 1. The Kier molecular flexibility index (Phi) is 6.79. The SMILES string of the molecule is Cn1cc(S(=O)(=O)N2CCCCC2)cc1C(=O)NCc1ccc(CN2CCCC2)cc1. The summed E-state index contributed by atoms with van der Waals surface area (Å²) in [4.78, 5) is 15.4. The van der Waals surface area contributed by atoms with Crippen molar-refractivity contribution in [3.05, 3.63) is 53.3 Å². The first-order chi connectivity index (χ1) is 14.9. The van der Waals surface area contributed by atoms with Crippen LogP contribution in [0.15, 0.2) is 41.4 Å². The van der Waals surface area contributed by atoms with E-state index in [-0.39, 0.29) is 10.8 Å². The predicted molar refractivity (Wildman–Crippen MR) is 120 cm³/mol. The molecule has 1 aromatic carbocycles. The highest BCUT2D eigenvalue weighted by Gasteiger charge is 2.28. The summed E-state index contributed by atoms with van der Waals surface area (Å²) >= 11 is 0. The lowest BCUT2D eigenvalue weighted by atomic mass is 10.1. The van der Waals surface area contributed by atoms with E-state index in [1.54, 1.807) is 11.6 Å². The van der Waals surface area contributed by atoms with E-state index in [2.05, 4.69) is 22.3 Å². The molecule has 2 aromatic rings. The molecule has 0 spiro atoms. The summed E-state index contributed by atoms with van der Waals surface area (Å²) in [6.07, 6.45) is 6.93. The van der Waals surface area contributed by atoms with Crippen LogP contribution in [0.3, 0.4) is 0 Å². The normalized spacial score (nSPS) is 18.4. The zero-order chi connectivity index (χ0) is 21.8. The maximum absolute atomic E-state index is 12.9. The lowest BCUT2D eigenvalue weighted by Gasteiger charge is -2.25. The Bertz CT molecular complexity index is 1000. The van der Waals surface area contributed by atoms with Gasteiger partial charge < -0.3 is 9.88 Å². The topological polar surface area (TPSA) is 74.6 Å². The molecule has 4 rings (SSSR count). The fraction of sp³-hybridized carbons (Fsp3) is 0.522. The molecule has 0 bridgehead atoms. The monoisotopic (exact) mass is 444 g/mol. The number of carbonyl (C=O) groups excluding carboxylic acids is 1. The van der Waals surface area contributed by atoms with E-state index in [9.17, 15) is 13.2 Å². The van der Waals surface area contributed by atoms with Gasteiger partial charge in [-0.15, -0.1) is 0 Å². The number of aryl methyl sites for hydroxylation is 1. The Morgan fingerprint density at radius 1 is 0.935 bits per heavy atom. The van der Waals surface area contributed by atoms with Crippen molar-refractivity contribution >= 4 is 15.9 Å². The molecule has 0 unspecified atom stereocenters. The average molecular weight is 445 g/mol. The third-order valence-corrected chi connectivity index (χ3v) is 8.11. The van der Waals surface area contributed by atoms with Crippen LogP contribution in [-0.2, 0) is 30.2 Å². The highest BCUT2D eigenvalue weighted by molar-refractivity contribution is 7.89.